The highest BCUT2D eigenvalue weighted by Gasteiger charge is 2.16. The van der Waals surface area contributed by atoms with E-state index in [1.165, 1.54) is 0 Å². The van der Waals surface area contributed by atoms with Gasteiger partial charge in [-0.25, -0.2) is 0 Å². The van der Waals surface area contributed by atoms with Crippen LogP contribution < -0.4 is 5.32 Å². The minimum atomic E-state index is -0.236. The van der Waals surface area contributed by atoms with Gasteiger partial charge in [0.05, 0.1) is 30.5 Å². The van der Waals surface area contributed by atoms with Crippen LogP contribution in [0.3, 0.4) is 0 Å². The van der Waals surface area contributed by atoms with Crippen molar-refractivity contribution in [2.75, 3.05) is 6.61 Å². The number of nitrogens with one attached hydrogen (secondary N) is 1. The summed E-state index contributed by atoms with van der Waals surface area (Å²) in [5.74, 6) is 0.711. The number of aliphatic hydroxyl groups is 1. The molecule has 1 heterocycles. The smallest absolute Gasteiger partial charge is 0.123 e. The molecule has 0 unspecified atom stereocenters. The first-order chi connectivity index (χ1) is 9.24. The zero-order valence-electron chi connectivity index (χ0n) is 10.7. The number of hydrogen-bond acceptors (Lipinski definition) is 4. The highest BCUT2D eigenvalue weighted by atomic mass is 16.3. The normalized spacial score (nSPS) is 13.7. The number of nitrogens with zero attached hydrogens (tertiary/aromatic N) is 1. The molecular formula is C15H16N2O2. The van der Waals surface area contributed by atoms with Gasteiger partial charge in [0, 0.05) is 6.04 Å². The maximum atomic E-state index is 9.41. The van der Waals surface area contributed by atoms with E-state index < -0.39 is 0 Å². The fourth-order valence-electron chi connectivity index (χ4n) is 1.96. The molecule has 0 aliphatic heterocycles. The Bertz CT molecular complexity index is 541. The Morgan fingerprint density at radius 1 is 1.32 bits per heavy atom. The molecule has 2 atom stereocenters. The van der Waals surface area contributed by atoms with E-state index in [4.69, 9.17) is 9.68 Å². The van der Waals surface area contributed by atoms with Crippen molar-refractivity contribution in [2.24, 2.45) is 0 Å². The number of benzene rings is 1. The van der Waals surface area contributed by atoms with Crippen LogP contribution in [-0.4, -0.2) is 11.7 Å². The molecule has 4 heteroatoms. The van der Waals surface area contributed by atoms with E-state index in [0.717, 1.165) is 5.56 Å². The largest absolute Gasteiger partial charge is 0.468 e. The van der Waals surface area contributed by atoms with Gasteiger partial charge in [0.15, 0.2) is 0 Å². The van der Waals surface area contributed by atoms with Gasteiger partial charge in [-0.3, -0.25) is 5.32 Å². The molecule has 0 spiro atoms. The van der Waals surface area contributed by atoms with Gasteiger partial charge in [0.1, 0.15) is 5.76 Å². The highest BCUT2D eigenvalue weighted by molar-refractivity contribution is 5.32. The van der Waals surface area contributed by atoms with Crippen LogP contribution in [0.25, 0.3) is 0 Å². The van der Waals surface area contributed by atoms with Crippen LogP contribution in [-0.2, 0) is 0 Å². The molecule has 0 aliphatic carbocycles. The Morgan fingerprint density at radius 2 is 2.05 bits per heavy atom. The van der Waals surface area contributed by atoms with Crippen molar-refractivity contribution < 1.29 is 9.52 Å². The maximum Gasteiger partial charge on any atom is 0.123 e. The lowest BCUT2D eigenvalue weighted by Gasteiger charge is -2.20. The van der Waals surface area contributed by atoms with Crippen molar-refractivity contribution in [1.29, 1.82) is 5.26 Å². The molecule has 0 radical (unpaired) electrons. The molecule has 98 valence electrons. The van der Waals surface area contributed by atoms with Crippen LogP contribution in [0.2, 0.25) is 0 Å². The van der Waals surface area contributed by atoms with Crippen molar-refractivity contribution >= 4 is 0 Å². The summed E-state index contributed by atoms with van der Waals surface area (Å²) < 4.78 is 5.29. The number of hydrogen-bond donors (Lipinski definition) is 2. The van der Waals surface area contributed by atoms with Crippen LogP contribution in [0.5, 0.6) is 0 Å². The minimum Gasteiger partial charge on any atom is -0.468 e. The van der Waals surface area contributed by atoms with Crippen LogP contribution >= 0.6 is 0 Å². The van der Waals surface area contributed by atoms with Crippen molar-refractivity contribution in [3.05, 3.63) is 59.5 Å². The third-order valence-electron chi connectivity index (χ3n) is 3.06. The lowest BCUT2D eigenvalue weighted by molar-refractivity contribution is 0.217. The molecule has 0 aliphatic rings. The molecule has 2 N–H and O–H groups in total. The summed E-state index contributed by atoms with van der Waals surface area (Å²) in [5.41, 5.74) is 1.70. The molecular weight excluding hydrogens is 240 g/mol. The number of aliphatic hydroxyl groups excluding tert-OH is 1. The Kier molecular flexibility index (Phi) is 4.35. The number of furan rings is 1. The third kappa shape index (κ3) is 3.22. The average Bonchev–Trinajstić information content (AvgIpc) is 2.98. The van der Waals surface area contributed by atoms with Crippen LogP contribution in [0, 0.1) is 11.3 Å². The molecule has 0 fully saturated rings. The van der Waals surface area contributed by atoms with Crippen LogP contribution in [0.15, 0.2) is 47.1 Å². The molecule has 1 aromatic carbocycles. The Labute approximate surface area is 112 Å². The van der Waals surface area contributed by atoms with Crippen molar-refractivity contribution in [3.8, 4) is 6.07 Å². The topological polar surface area (TPSA) is 69.2 Å². The highest BCUT2D eigenvalue weighted by Crippen LogP contribution is 2.20. The quantitative estimate of drug-likeness (QED) is 0.862. The molecule has 1 aromatic heterocycles. The summed E-state index contributed by atoms with van der Waals surface area (Å²) in [5, 5.41) is 21.5. The van der Waals surface area contributed by atoms with E-state index in [-0.39, 0.29) is 18.7 Å². The molecule has 19 heavy (non-hydrogen) atoms. The molecule has 0 amide bonds. The van der Waals surface area contributed by atoms with Gasteiger partial charge >= 0.3 is 0 Å². The summed E-state index contributed by atoms with van der Waals surface area (Å²) in [7, 11) is 0. The van der Waals surface area contributed by atoms with Gasteiger partial charge in [-0.1, -0.05) is 12.1 Å². The van der Waals surface area contributed by atoms with Gasteiger partial charge in [-0.05, 0) is 36.8 Å². The Balaban J connectivity index is 2.07. The summed E-state index contributed by atoms with van der Waals surface area (Å²) in [4.78, 5) is 0. The van der Waals surface area contributed by atoms with E-state index in [1.54, 1.807) is 24.5 Å². The molecule has 0 bridgehead atoms. The molecule has 2 rings (SSSR count). The number of nitriles is 1. The summed E-state index contributed by atoms with van der Waals surface area (Å²) in [6, 6.07) is 12.9. The van der Waals surface area contributed by atoms with Crippen molar-refractivity contribution in [2.45, 2.75) is 19.0 Å². The molecule has 0 saturated heterocycles. The van der Waals surface area contributed by atoms with Crippen molar-refractivity contribution in [3.63, 3.8) is 0 Å². The third-order valence-corrected chi connectivity index (χ3v) is 3.06. The van der Waals surface area contributed by atoms with E-state index in [0.29, 0.717) is 11.3 Å². The Morgan fingerprint density at radius 3 is 2.58 bits per heavy atom. The van der Waals surface area contributed by atoms with E-state index in [1.807, 2.05) is 25.1 Å². The second-order valence-electron chi connectivity index (χ2n) is 4.37. The summed E-state index contributed by atoms with van der Waals surface area (Å²) in [6.07, 6.45) is 1.59. The minimum absolute atomic E-state index is 0.0336. The van der Waals surface area contributed by atoms with Crippen molar-refractivity contribution in [1.82, 2.24) is 5.32 Å². The molecule has 0 saturated carbocycles. The van der Waals surface area contributed by atoms with Crippen LogP contribution in [0.4, 0.5) is 0 Å². The lowest BCUT2D eigenvalue weighted by Crippen LogP contribution is -2.27. The molecule has 4 nitrogen and oxygen atoms in total. The average molecular weight is 256 g/mol. The van der Waals surface area contributed by atoms with Gasteiger partial charge in [-0.2, -0.15) is 5.26 Å². The molecule has 2 aromatic rings. The zero-order valence-corrected chi connectivity index (χ0v) is 10.7. The second-order valence-corrected chi connectivity index (χ2v) is 4.37. The fourth-order valence-corrected chi connectivity index (χ4v) is 1.96. The van der Waals surface area contributed by atoms with E-state index >= 15 is 0 Å². The Hall–Kier alpha value is -2.09. The fraction of sp³-hybridized carbons (Fsp3) is 0.267. The van der Waals surface area contributed by atoms with Gasteiger partial charge in [0.2, 0.25) is 0 Å². The lowest BCUT2D eigenvalue weighted by atomic mass is 10.1. The van der Waals surface area contributed by atoms with Crippen LogP contribution in [0.1, 0.15) is 35.9 Å². The monoisotopic (exact) mass is 256 g/mol. The van der Waals surface area contributed by atoms with Gasteiger partial charge in [-0.15, -0.1) is 0 Å². The number of rotatable bonds is 5. The second kappa shape index (κ2) is 6.19. The SMILES string of the molecule is C[C@@H](N[C@H](CO)c1ccco1)c1ccc(C#N)cc1. The predicted octanol–water partition coefficient (Wildman–Crippen LogP) is 2.54. The first-order valence-electron chi connectivity index (χ1n) is 6.15. The van der Waals surface area contributed by atoms with E-state index in [9.17, 15) is 5.11 Å². The van der Waals surface area contributed by atoms with Gasteiger partial charge in [0.25, 0.3) is 0 Å². The predicted molar refractivity (Wildman–Crippen MR) is 71.2 cm³/mol. The standard InChI is InChI=1S/C15H16N2O2/c1-11(13-6-4-12(9-16)5-7-13)17-14(10-18)15-3-2-8-19-15/h2-8,11,14,17-18H,10H2,1H3/t11-,14-/m1/s1. The summed E-state index contributed by atoms with van der Waals surface area (Å²) >= 11 is 0. The van der Waals surface area contributed by atoms with E-state index in [2.05, 4.69) is 11.4 Å². The maximum absolute atomic E-state index is 9.41. The zero-order chi connectivity index (χ0) is 13.7. The first-order valence-corrected chi connectivity index (χ1v) is 6.15. The summed E-state index contributed by atoms with van der Waals surface area (Å²) in [6.45, 7) is 1.97. The van der Waals surface area contributed by atoms with Gasteiger partial charge < -0.3 is 9.52 Å². The first kappa shape index (κ1) is 13.3.